The Hall–Kier alpha value is 0.0969. The summed E-state index contributed by atoms with van der Waals surface area (Å²) in [6.45, 7) is 2.82. The predicted octanol–water partition coefficient (Wildman–Crippen LogP) is 0.473. The van der Waals surface area contributed by atoms with Gasteiger partial charge in [0.2, 0.25) is 0 Å². The van der Waals surface area contributed by atoms with Crippen molar-refractivity contribution in [2.24, 2.45) is 0 Å². The highest BCUT2D eigenvalue weighted by Gasteiger charge is 1.82. The third-order valence-electron chi connectivity index (χ3n) is 0.399. The van der Waals surface area contributed by atoms with Gasteiger partial charge in [0.25, 0.3) is 0 Å². The molecule has 4 heteroatoms. The van der Waals surface area contributed by atoms with Crippen molar-refractivity contribution in [1.82, 2.24) is 0 Å². The van der Waals surface area contributed by atoms with E-state index in [0.717, 1.165) is 6.04 Å². The summed E-state index contributed by atoms with van der Waals surface area (Å²) in [5.74, 6) is 0. The summed E-state index contributed by atoms with van der Waals surface area (Å²) >= 11 is 0. The number of rotatable bonds is 5. The van der Waals surface area contributed by atoms with E-state index in [0.29, 0.717) is 13.2 Å². The average Bonchev–Trinajstić information content (AvgIpc) is 1.81. The van der Waals surface area contributed by atoms with Gasteiger partial charge in [-0.2, -0.15) is 0 Å². The second kappa shape index (κ2) is 7.10. The molecule has 0 N–H and O–H groups in total. The van der Waals surface area contributed by atoms with Crippen molar-refractivity contribution in [3.8, 4) is 0 Å². The highest BCUT2D eigenvalue weighted by molar-refractivity contribution is 6.08. The predicted molar refractivity (Wildman–Crippen MR) is 29.2 cm³/mol. The van der Waals surface area contributed by atoms with Gasteiger partial charge in [0.05, 0.1) is 13.2 Å². The fourth-order valence-electron chi connectivity index (χ4n) is 0.158. The molecule has 0 aromatic heterocycles. The lowest BCUT2D eigenvalue weighted by atomic mass is 10.9. The van der Waals surface area contributed by atoms with Crippen LogP contribution in [0.3, 0.4) is 0 Å². The largest absolute Gasteiger partial charge is 0.207 e. The molecule has 0 aliphatic heterocycles. The Balaban J connectivity index is 2.53. The summed E-state index contributed by atoms with van der Waals surface area (Å²) in [6.07, 6.45) is 0. The van der Waals surface area contributed by atoms with Crippen LogP contribution in [0.5, 0.6) is 0 Å². The minimum atomic E-state index is 0.497. The summed E-state index contributed by atoms with van der Waals surface area (Å²) in [5.41, 5.74) is 0. The summed E-state index contributed by atoms with van der Waals surface area (Å²) in [6, 6.07) is 0.743. The quantitative estimate of drug-likeness (QED) is 0.236. The standard InChI is InChI=1S/C4H9O3Si/c1-2-5-7-6-3-4-8/h2-4H2,1H3. The van der Waals surface area contributed by atoms with Crippen molar-refractivity contribution in [2.45, 2.75) is 13.0 Å². The molecule has 47 valence electrons. The van der Waals surface area contributed by atoms with Crippen LogP contribution >= 0.6 is 0 Å². The van der Waals surface area contributed by atoms with Crippen LogP contribution in [-0.2, 0) is 14.8 Å². The molecular weight excluding hydrogens is 124 g/mol. The summed E-state index contributed by atoms with van der Waals surface area (Å²) < 4.78 is 0. The first kappa shape index (κ1) is 8.10. The molecule has 0 aromatic rings. The van der Waals surface area contributed by atoms with Crippen molar-refractivity contribution < 1.29 is 14.8 Å². The van der Waals surface area contributed by atoms with Crippen LogP contribution in [0.4, 0.5) is 0 Å². The van der Waals surface area contributed by atoms with E-state index in [-0.39, 0.29) is 0 Å². The van der Waals surface area contributed by atoms with Gasteiger partial charge < -0.3 is 0 Å². The van der Waals surface area contributed by atoms with Gasteiger partial charge in [0, 0.05) is 10.2 Å². The molecular formula is C4H9O3Si. The molecule has 0 rings (SSSR count). The van der Waals surface area contributed by atoms with Crippen molar-refractivity contribution in [1.29, 1.82) is 0 Å². The number of hydrogen-bond acceptors (Lipinski definition) is 3. The van der Waals surface area contributed by atoms with Crippen molar-refractivity contribution >= 4 is 10.2 Å². The zero-order valence-electron chi connectivity index (χ0n) is 4.85. The van der Waals surface area contributed by atoms with E-state index in [4.69, 9.17) is 0 Å². The van der Waals surface area contributed by atoms with Crippen LogP contribution in [-0.4, -0.2) is 23.5 Å². The third-order valence-corrected chi connectivity index (χ3v) is 0.604. The maximum atomic E-state index is 4.45. The minimum Gasteiger partial charge on any atom is -0.207 e. The van der Waals surface area contributed by atoms with Crippen LogP contribution in [0, 0.1) is 0 Å². The molecule has 0 aliphatic carbocycles. The smallest absolute Gasteiger partial charge is 0.0825 e. The minimum absolute atomic E-state index is 0.497. The molecule has 0 bridgehead atoms. The van der Waals surface area contributed by atoms with Gasteiger partial charge in [-0.1, -0.05) is 5.04 Å². The first-order valence-corrected chi connectivity index (χ1v) is 3.18. The highest BCUT2D eigenvalue weighted by atomic mass is 28.1. The van der Waals surface area contributed by atoms with E-state index < -0.39 is 0 Å². The summed E-state index contributed by atoms with van der Waals surface area (Å²) in [4.78, 5) is 8.84. The lowest BCUT2D eigenvalue weighted by molar-refractivity contribution is -0.509. The van der Waals surface area contributed by atoms with Gasteiger partial charge in [0.15, 0.2) is 0 Å². The fraction of sp³-hybridized carbons (Fsp3) is 1.00. The molecule has 0 fully saturated rings. The second-order valence-corrected chi connectivity index (χ2v) is 1.55. The third kappa shape index (κ3) is 6.10. The molecule has 0 saturated carbocycles. The zero-order valence-corrected chi connectivity index (χ0v) is 5.85. The van der Waals surface area contributed by atoms with Gasteiger partial charge >= 0.3 is 0 Å². The van der Waals surface area contributed by atoms with E-state index in [2.05, 4.69) is 25.1 Å². The molecule has 3 radical (unpaired) electrons. The van der Waals surface area contributed by atoms with Crippen LogP contribution in [0.2, 0.25) is 6.04 Å². The van der Waals surface area contributed by atoms with Crippen molar-refractivity contribution in [3.63, 3.8) is 0 Å². The van der Waals surface area contributed by atoms with E-state index in [1.165, 1.54) is 0 Å². The summed E-state index contributed by atoms with van der Waals surface area (Å²) in [5, 5.41) is 4.19. The molecule has 0 aromatic carbocycles. The van der Waals surface area contributed by atoms with Crippen molar-refractivity contribution in [3.05, 3.63) is 0 Å². The van der Waals surface area contributed by atoms with Crippen LogP contribution in [0.1, 0.15) is 6.92 Å². The molecule has 0 aliphatic rings. The van der Waals surface area contributed by atoms with E-state index in [1.807, 2.05) is 6.92 Å². The van der Waals surface area contributed by atoms with Gasteiger partial charge in [-0.15, -0.1) is 0 Å². The van der Waals surface area contributed by atoms with Gasteiger partial charge in [0.1, 0.15) is 0 Å². The molecule has 0 saturated heterocycles. The first-order valence-electron chi connectivity index (χ1n) is 2.47. The average molecular weight is 133 g/mol. The molecule has 0 amide bonds. The van der Waals surface area contributed by atoms with E-state index in [9.17, 15) is 0 Å². The Labute approximate surface area is 52.2 Å². The highest BCUT2D eigenvalue weighted by Crippen LogP contribution is 1.81. The Bertz CT molecular complexity index is 36.3. The van der Waals surface area contributed by atoms with E-state index >= 15 is 0 Å². The van der Waals surface area contributed by atoms with Gasteiger partial charge in [-0.05, 0) is 13.0 Å². The lowest BCUT2D eigenvalue weighted by Crippen LogP contribution is -1.96. The van der Waals surface area contributed by atoms with Crippen LogP contribution < -0.4 is 0 Å². The second-order valence-electron chi connectivity index (χ2n) is 1.05. The Kier molecular flexibility index (Phi) is 7.18. The Morgan fingerprint density at radius 1 is 1.38 bits per heavy atom. The zero-order chi connectivity index (χ0) is 6.24. The molecule has 3 nitrogen and oxygen atoms in total. The Morgan fingerprint density at radius 3 is 2.62 bits per heavy atom. The maximum absolute atomic E-state index is 4.45. The van der Waals surface area contributed by atoms with Gasteiger partial charge in [-0.25, -0.2) is 9.78 Å². The molecule has 0 atom stereocenters. The first-order chi connectivity index (χ1) is 3.91. The number of hydrogen-bond donors (Lipinski definition) is 0. The lowest BCUT2D eigenvalue weighted by Gasteiger charge is -1.96. The van der Waals surface area contributed by atoms with Crippen LogP contribution in [0.15, 0.2) is 0 Å². The molecule has 0 heterocycles. The Morgan fingerprint density at radius 2 is 2.12 bits per heavy atom. The van der Waals surface area contributed by atoms with E-state index in [1.54, 1.807) is 0 Å². The molecule has 8 heavy (non-hydrogen) atoms. The van der Waals surface area contributed by atoms with Gasteiger partial charge in [-0.3, -0.25) is 0 Å². The fourth-order valence-corrected chi connectivity index (χ4v) is 0.241. The monoisotopic (exact) mass is 133 g/mol. The summed E-state index contributed by atoms with van der Waals surface area (Å²) in [7, 11) is 3.18. The normalized spacial score (nSPS) is 9.75. The molecule has 0 unspecified atom stereocenters. The maximum Gasteiger partial charge on any atom is 0.0825 e. The molecule has 0 spiro atoms. The topological polar surface area (TPSA) is 27.7 Å². The SMILES string of the molecule is CCOOOCC[Si]. The van der Waals surface area contributed by atoms with Crippen LogP contribution in [0.25, 0.3) is 0 Å². The van der Waals surface area contributed by atoms with Crippen molar-refractivity contribution in [2.75, 3.05) is 13.2 Å².